The number of nitro benzene ring substituents is 1. The first kappa shape index (κ1) is 20.8. The highest BCUT2D eigenvalue weighted by atomic mass is 35.5. The largest absolute Gasteiger partial charge is 0.452 e. The Balaban J connectivity index is 1.58. The van der Waals surface area contributed by atoms with E-state index >= 15 is 0 Å². The Morgan fingerprint density at radius 1 is 1.17 bits per heavy atom. The molecule has 1 aliphatic rings. The number of esters is 1. The molecule has 2 aromatic carbocycles. The smallest absolute Gasteiger partial charge is 0.340 e. The molecule has 1 N–H and O–H groups in total. The average Bonchev–Trinajstić information content (AvgIpc) is 2.71. The summed E-state index contributed by atoms with van der Waals surface area (Å²) in [6, 6.07) is 9.45. The summed E-state index contributed by atoms with van der Waals surface area (Å²) in [4.78, 5) is 34.5. The van der Waals surface area contributed by atoms with Crippen molar-refractivity contribution in [1.82, 2.24) is 5.32 Å². The van der Waals surface area contributed by atoms with Gasteiger partial charge >= 0.3 is 5.97 Å². The lowest BCUT2D eigenvalue weighted by Crippen LogP contribution is -2.31. The first-order valence-corrected chi connectivity index (χ1v) is 9.75. The van der Waals surface area contributed by atoms with Gasteiger partial charge in [-0.15, -0.1) is 0 Å². The van der Waals surface area contributed by atoms with E-state index in [9.17, 15) is 19.7 Å². The van der Waals surface area contributed by atoms with E-state index in [1.807, 2.05) is 13.0 Å². The van der Waals surface area contributed by atoms with E-state index in [0.29, 0.717) is 0 Å². The van der Waals surface area contributed by atoms with Gasteiger partial charge in [-0.05, 0) is 55.4 Å². The van der Waals surface area contributed by atoms with Gasteiger partial charge in [0, 0.05) is 12.1 Å². The van der Waals surface area contributed by atoms with Gasteiger partial charge in [-0.2, -0.15) is 0 Å². The fourth-order valence-electron chi connectivity index (χ4n) is 3.38. The number of benzene rings is 2. The standard InChI is InChI=1S/C21H21ClN2O5/c1-13(15-7-6-14-4-2-3-5-16(14)10-15)23-20(25)12-29-21(26)18-11-17(24(27)28)8-9-19(18)22/h6-11,13H,2-5,12H2,1H3,(H,23,25)/t13-/m0/s1. The predicted molar refractivity (Wildman–Crippen MR) is 108 cm³/mol. The predicted octanol–water partition coefficient (Wildman–Crippen LogP) is 4.16. The van der Waals surface area contributed by atoms with Gasteiger partial charge in [0.05, 0.1) is 21.6 Å². The number of nitro groups is 1. The zero-order chi connectivity index (χ0) is 21.0. The fraction of sp³-hybridized carbons (Fsp3) is 0.333. The van der Waals surface area contributed by atoms with E-state index in [1.165, 1.54) is 36.1 Å². The summed E-state index contributed by atoms with van der Waals surface area (Å²) in [7, 11) is 0. The molecule has 1 amide bonds. The molecule has 3 rings (SSSR count). The number of amides is 1. The number of hydrogen-bond acceptors (Lipinski definition) is 5. The van der Waals surface area contributed by atoms with Crippen LogP contribution >= 0.6 is 11.6 Å². The molecule has 29 heavy (non-hydrogen) atoms. The summed E-state index contributed by atoms with van der Waals surface area (Å²) in [6.45, 7) is 1.36. The van der Waals surface area contributed by atoms with E-state index in [1.54, 1.807) is 0 Å². The minimum absolute atomic E-state index is 0.0171. The fourth-order valence-corrected chi connectivity index (χ4v) is 3.58. The summed E-state index contributed by atoms with van der Waals surface area (Å²) in [6.07, 6.45) is 4.52. The van der Waals surface area contributed by atoms with Crippen molar-refractivity contribution in [1.29, 1.82) is 0 Å². The summed E-state index contributed by atoms with van der Waals surface area (Å²) < 4.78 is 4.97. The van der Waals surface area contributed by atoms with Gasteiger partial charge in [0.25, 0.3) is 11.6 Å². The van der Waals surface area contributed by atoms with Crippen LogP contribution in [0.4, 0.5) is 5.69 Å². The Hall–Kier alpha value is -2.93. The van der Waals surface area contributed by atoms with Crippen LogP contribution in [-0.4, -0.2) is 23.4 Å². The Morgan fingerprint density at radius 3 is 2.62 bits per heavy atom. The molecule has 1 aliphatic carbocycles. The van der Waals surface area contributed by atoms with Gasteiger partial charge in [0.15, 0.2) is 6.61 Å². The van der Waals surface area contributed by atoms with E-state index in [2.05, 4.69) is 17.4 Å². The van der Waals surface area contributed by atoms with Gasteiger partial charge in [-0.3, -0.25) is 14.9 Å². The van der Waals surface area contributed by atoms with Crippen LogP contribution < -0.4 is 5.32 Å². The number of carbonyl (C=O) groups excluding carboxylic acids is 2. The molecule has 0 bridgehead atoms. The number of hydrogen-bond donors (Lipinski definition) is 1. The highest BCUT2D eigenvalue weighted by Gasteiger charge is 2.19. The molecular formula is C21H21ClN2O5. The third-order valence-electron chi connectivity index (χ3n) is 4.97. The van der Waals surface area contributed by atoms with Crippen LogP contribution in [0.25, 0.3) is 0 Å². The number of fused-ring (bicyclic) bond motifs is 1. The van der Waals surface area contributed by atoms with Crippen molar-refractivity contribution in [2.75, 3.05) is 6.61 Å². The summed E-state index contributed by atoms with van der Waals surface area (Å²) in [5.41, 5.74) is 3.23. The molecule has 7 nitrogen and oxygen atoms in total. The van der Waals surface area contributed by atoms with Crippen molar-refractivity contribution in [3.8, 4) is 0 Å². The first-order chi connectivity index (χ1) is 13.8. The van der Waals surface area contributed by atoms with Crippen LogP contribution in [0.3, 0.4) is 0 Å². The summed E-state index contributed by atoms with van der Waals surface area (Å²) in [5, 5.41) is 13.7. The van der Waals surface area contributed by atoms with Crippen LogP contribution in [0, 0.1) is 10.1 Å². The average molecular weight is 417 g/mol. The number of rotatable bonds is 6. The number of aryl methyl sites for hydroxylation is 2. The van der Waals surface area contributed by atoms with Crippen molar-refractivity contribution in [2.24, 2.45) is 0 Å². The molecule has 1 atom stereocenters. The Labute approximate surface area is 173 Å². The molecule has 152 valence electrons. The number of ether oxygens (including phenoxy) is 1. The second-order valence-corrected chi connectivity index (χ2v) is 7.43. The molecule has 0 fully saturated rings. The number of nitrogens with one attached hydrogen (secondary N) is 1. The van der Waals surface area contributed by atoms with Crippen molar-refractivity contribution in [3.63, 3.8) is 0 Å². The van der Waals surface area contributed by atoms with Crippen LogP contribution in [0.2, 0.25) is 5.02 Å². The quantitative estimate of drug-likeness (QED) is 0.433. The molecule has 0 heterocycles. The van der Waals surface area contributed by atoms with Gasteiger partial charge in [-0.1, -0.05) is 29.8 Å². The highest BCUT2D eigenvalue weighted by molar-refractivity contribution is 6.33. The van der Waals surface area contributed by atoms with E-state index in [4.69, 9.17) is 16.3 Å². The number of carbonyl (C=O) groups is 2. The zero-order valence-corrected chi connectivity index (χ0v) is 16.7. The monoisotopic (exact) mass is 416 g/mol. The van der Waals surface area contributed by atoms with Crippen LogP contribution in [0.15, 0.2) is 36.4 Å². The lowest BCUT2D eigenvalue weighted by Gasteiger charge is -2.20. The zero-order valence-electron chi connectivity index (χ0n) is 15.9. The molecule has 0 aliphatic heterocycles. The maximum atomic E-state index is 12.2. The maximum absolute atomic E-state index is 12.2. The number of halogens is 1. The van der Waals surface area contributed by atoms with Gasteiger partial charge in [0.2, 0.25) is 0 Å². The first-order valence-electron chi connectivity index (χ1n) is 9.37. The second kappa shape index (κ2) is 9.05. The normalized spacial score (nSPS) is 13.9. The Kier molecular flexibility index (Phi) is 6.49. The SMILES string of the molecule is C[C@H](NC(=O)COC(=O)c1cc([N+](=O)[O-])ccc1Cl)c1ccc2c(c1)CCCC2. The third-order valence-corrected chi connectivity index (χ3v) is 5.29. The summed E-state index contributed by atoms with van der Waals surface area (Å²) >= 11 is 5.91. The summed E-state index contributed by atoms with van der Waals surface area (Å²) in [5.74, 6) is -1.36. The van der Waals surface area contributed by atoms with Crippen LogP contribution in [-0.2, 0) is 22.4 Å². The molecule has 8 heteroatoms. The molecule has 2 aromatic rings. The van der Waals surface area contributed by atoms with Gasteiger partial charge < -0.3 is 10.1 Å². The molecule has 0 unspecified atom stereocenters. The lowest BCUT2D eigenvalue weighted by atomic mass is 9.89. The van der Waals surface area contributed by atoms with Crippen LogP contribution in [0.5, 0.6) is 0 Å². The molecule has 0 radical (unpaired) electrons. The van der Waals surface area contributed by atoms with Crippen LogP contribution in [0.1, 0.15) is 52.9 Å². The van der Waals surface area contributed by atoms with E-state index < -0.39 is 23.4 Å². The second-order valence-electron chi connectivity index (χ2n) is 7.02. The van der Waals surface area contributed by atoms with Crippen molar-refractivity contribution >= 4 is 29.2 Å². The minimum atomic E-state index is -0.893. The van der Waals surface area contributed by atoms with Gasteiger partial charge in [0.1, 0.15) is 0 Å². The van der Waals surface area contributed by atoms with Crippen molar-refractivity contribution in [2.45, 2.75) is 38.6 Å². The lowest BCUT2D eigenvalue weighted by molar-refractivity contribution is -0.384. The van der Waals surface area contributed by atoms with E-state index in [0.717, 1.165) is 24.5 Å². The molecule has 0 spiro atoms. The topological polar surface area (TPSA) is 98.5 Å². The third kappa shape index (κ3) is 5.12. The molecule has 0 aromatic heterocycles. The Morgan fingerprint density at radius 2 is 1.90 bits per heavy atom. The maximum Gasteiger partial charge on any atom is 0.340 e. The highest BCUT2D eigenvalue weighted by Crippen LogP contribution is 2.25. The minimum Gasteiger partial charge on any atom is -0.452 e. The molecule has 0 saturated heterocycles. The van der Waals surface area contributed by atoms with Crippen molar-refractivity contribution in [3.05, 3.63) is 73.8 Å². The molecule has 0 saturated carbocycles. The molecular weight excluding hydrogens is 396 g/mol. The number of non-ortho nitro benzene ring substituents is 1. The Bertz CT molecular complexity index is 960. The van der Waals surface area contributed by atoms with Gasteiger partial charge in [-0.25, -0.2) is 4.79 Å². The van der Waals surface area contributed by atoms with E-state index in [-0.39, 0.29) is 22.3 Å². The van der Waals surface area contributed by atoms with Crippen molar-refractivity contribution < 1.29 is 19.2 Å². The number of nitrogens with zero attached hydrogens (tertiary/aromatic N) is 1.